The molecule has 5 rings (SSSR count). The Balaban J connectivity index is 1.20. The van der Waals surface area contributed by atoms with Crippen molar-refractivity contribution in [1.82, 2.24) is 15.3 Å². The van der Waals surface area contributed by atoms with Crippen LogP contribution in [0.15, 0.2) is 48.8 Å². The van der Waals surface area contributed by atoms with Crippen LogP contribution in [-0.2, 0) is 26.1 Å². The number of carbonyl (C=O) groups is 2. The second-order valence-electron chi connectivity index (χ2n) is 13.7. The van der Waals surface area contributed by atoms with Gasteiger partial charge in [-0.1, -0.05) is 58.9 Å². The molecule has 3 aromatic rings. The number of aromatic nitrogens is 2. The number of amides is 1. The summed E-state index contributed by atoms with van der Waals surface area (Å²) in [5.41, 5.74) is 5.20. The van der Waals surface area contributed by atoms with Crippen LogP contribution in [0.1, 0.15) is 91.5 Å². The maximum absolute atomic E-state index is 12.8. The minimum Gasteiger partial charge on any atom is -0.349 e. The summed E-state index contributed by atoms with van der Waals surface area (Å²) >= 11 is 1.47. The third-order valence-corrected chi connectivity index (χ3v) is 9.71. The molecular formula is C35H43N3O4S. The van der Waals surface area contributed by atoms with Crippen molar-refractivity contribution in [2.24, 2.45) is 5.41 Å². The smallest absolute Gasteiger partial charge is 0.261 e. The maximum Gasteiger partial charge on any atom is 0.261 e. The molecule has 0 saturated carbocycles. The van der Waals surface area contributed by atoms with Crippen molar-refractivity contribution in [3.63, 3.8) is 0 Å². The molecule has 1 aliphatic heterocycles. The summed E-state index contributed by atoms with van der Waals surface area (Å²) in [7, 11) is 0. The number of rotatable bonds is 7. The monoisotopic (exact) mass is 601 g/mol. The first kappa shape index (κ1) is 31.2. The molecule has 1 unspecified atom stereocenters. The van der Waals surface area contributed by atoms with E-state index in [1.807, 2.05) is 49.6 Å². The van der Waals surface area contributed by atoms with Crippen LogP contribution in [-0.4, -0.2) is 47.2 Å². The van der Waals surface area contributed by atoms with Gasteiger partial charge in [0.25, 0.3) is 5.91 Å². The molecule has 0 radical (unpaired) electrons. The number of aldehydes is 1. The standard InChI is InChI=1S/C35H43N3O4S/c1-23-16-24(17-27(20-39)38-32(40)29-11-12-30(43-29)33(2,3)4)9-10-28(23)31-36-18-26(19-37-31)25-8-7-14-35(15-13-25)41-21-34(5,6)22-42-35/h8-12,16,18-20,27H,7,13-15,17,21-22H2,1-6H3,(H,38,40). The Hall–Kier alpha value is -3.20. The minimum absolute atomic E-state index is 0.0240. The van der Waals surface area contributed by atoms with Gasteiger partial charge in [-0.2, -0.15) is 0 Å². The van der Waals surface area contributed by atoms with Gasteiger partial charge in [-0.25, -0.2) is 9.97 Å². The third-order valence-electron chi connectivity index (χ3n) is 8.20. The molecule has 43 heavy (non-hydrogen) atoms. The Morgan fingerprint density at radius 3 is 2.44 bits per heavy atom. The summed E-state index contributed by atoms with van der Waals surface area (Å²) in [6, 6.07) is 9.20. The number of ether oxygens (including phenoxy) is 2. The number of thiophene rings is 1. The first-order valence-corrected chi connectivity index (χ1v) is 15.9. The number of hydrogen-bond donors (Lipinski definition) is 1. The SMILES string of the molecule is Cc1cc(CC(C=O)NC(=O)c2ccc(C(C)(C)C)s2)ccc1-c1ncc(C2=CCCC3(CC2)OCC(C)(C)CO3)cn1. The zero-order valence-electron chi connectivity index (χ0n) is 26.2. The number of nitrogens with zero attached hydrogens (tertiary/aromatic N) is 2. The summed E-state index contributed by atoms with van der Waals surface area (Å²) in [6.07, 6.45) is 10.7. The lowest BCUT2D eigenvalue weighted by Gasteiger charge is -2.43. The highest BCUT2D eigenvalue weighted by molar-refractivity contribution is 7.14. The van der Waals surface area contributed by atoms with Crippen LogP contribution in [0.5, 0.6) is 0 Å². The van der Waals surface area contributed by atoms with E-state index >= 15 is 0 Å². The number of benzene rings is 1. The maximum atomic E-state index is 12.8. The number of nitrogens with one attached hydrogen (secondary N) is 1. The zero-order valence-corrected chi connectivity index (χ0v) is 27.0. The van der Waals surface area contributed by atoms with Gasteiger partial charge >= 0.3 is 0 Å². The van der Waals surface area contributed by atoms with Gasteiger partial charge < -0.3 is 19.6 Å². The largest absolute Gasteiger partial charge is 0.349 e. The number of aryl methyl sites for hydroxylation is 1. The summed E-state index contributed by atoms with van der Waals surface area (Å²) in [5, 5.41) is 2.88. The molecule has 1 amide bonds. The quantitative estimate of drug-likeness (QED) is 0.291. The van der Waals surface area contributed by atoms with Gasteiger partial charge in [0.05, 0.1) is 24.1 Å². The van der Waals surface area contributed by atoms with Crippen molar-refractivity contribution in [2.45, 2.75) is 90.9 Å². The Kier molecular flexibility index (Phi) is 9.02. The average Bonchev–Trinajstić information content (AvgIpc) is 3.39. The Morgan fingerprint density at radius 1 is 1.09 bits per heavy atom. The van der Waals surface area contributed by atoms with Crippen LogP contribution >= 0.6 is 11.3 Å². The molecule has 2 aliphatic rings. The van der Waals surface area contributed by atoms with Crippen LogP contribution in [0.3, 0.4) is 0 Å². The van der Waals surface area contributed by atoms with Crippen molar-refractivity contribution in [3.8, 4) is 11.4 Å². The van der Waals surface area contributed by atoms with E-state index in [1.54, 1.807) is 0 Å². The van der Waals surface area contributed by atoms with Crippen molar-refractivity contribution in [3.05, 3.63) is 75.2 Å². The molecule has 1 N–H and O–H groups in total. The first-order chi connectivity index (χ1) is 20.4. The highest BCUT2D eigenvalue weighted by atomic mass is 32.1. The van der Waals surface area contributed by atoms with E-state index < -0.39 is 11.8 Å². The second-order valence-corrected chi connectivity index (χ2v) is 14.8. The van der Waals surface area contributed by atoms with Gasteiger partial charge in [0.1, 0.15) is 6.29 Å². The van der Waals surface area contributed by atoms with Crippen LogP contribution in [0.4, 0.5) is 0 Å². The predicted octanol–water partition coefficient (Wildman–Crippen LogP) is 7.08. The molecule has 3 heterocycles. The van der Waals surface area contributed by atoms with E-state index in [-0.39, 0.29) is 16.7 Å². The van der Waals surface area contributed by atoms with Crippen molar-refractivity contribution in [1.29, 1.82) is 0 Å². The highest BCUT2D eigenvalue weighted by Gasteiger charge is 2.40. The van der Waals surface area contributed by atoms with Gasteiger partial charge in [0.15, 0.2) is 11.6 Å². The summed E-state index contributed by atoms with van der Waals surface area (Å²) in [4.78, 5) is 35.9. The number of carbonyl (C=O) groups excluding carboxylic acids is 2. The van der Waals surface area contributed by atoms with Gasteiger partial charge in [0, 0.05) is 46.7 Å². The van der Waals surface area contributed by atoms with Gasteiger partial charge in [-0.3, -0.25) is 4.79 Å². The van der Waals surface area contributed by atoms with Crippen molar-refractivity contribution >= 4 is 29.1 Å². The van der Waals surface area contributed by atoms with Crippen LogP contribution in [0.25, 0.3) is 17.0 Å². The molecule has 1 atom stereocenters. The normalized spacial score (nSPS) is 18.9. The fraction of sp³-hybridized carbons (Fsp3) is 0.486. The van der Waals surface area contributed by atoms with Crippen molar-refractivity contribution < 1.29 is 19.1 Å². The fourth-order valence-corrected chi connectivity index (χ4v) is 6.50. The van der Waals surface area contributed by atoms with E-state index in [4.69, 9.17) is 19.4 Å². The Bertz CT molecular complexity index is 1490. The predicted molar refractivity (Wildman–Crippen MR) is 171 cm³/mol. The Morgan fingerprint density at radius 2 is 1.81 bits per heavy atom. The molecule has 1 spiro atoms. The Labute approximate surface area is 259 Å². The molecule has 228 valence electrons. The van der Waals surface area contributed by atoms with E-state index in [1.165, 1.54) is 16.9 Å². The van der Waals surface area contributed by atoms with Crippen LogP contribution in [0.2, 0.25) is 0 Å². The third kappa shape index (κ3) is 7.48. The molecule has 1 aliphatic carbocycles. The van der Waals surface area contributed by atoms with Crippen LogP contribution < -0.4 is 5.32 Å². The summed E-state index contributed by atoms with van der Waals surface area (Å²) in [6.45, 7) is 14.2. The van der Waals surface area contributed by atoms with Crippen molar-refractivity contribution in [2.75, 3.05) is 13.2 Å². The second kappa shape index (κ2) is 12.4. The topological polar surface area (TPSA) is 90.4 Å². The van der Waals surface area contributed by atoms with Crippen LogP contribution in [0, 0.1) is 12.3 Å². The molecule has 2 aromatic heterocycles. The van der Waals surface area contributed by atoms with E-state index in [0.29, 0.717) is 17.1 Å². The van der Waals surface area contributed by atoms with Gasteiger partial charge in [-0.05, 0) is 60.4 Å². The molecule has 8 heteroatoms. The molecule has 0 bridgehead atoms. The lowest BCUT2D eigenvalue weighted by atomic mass is 9.93. The van der Waals surface area contributed by atoms with E-state index in [9.17, 15) is 9.59 Å². The summed E-state index contributed by atoms with van der Waals surface area (Å²) < 4.78 is 12.5. The lowest BCUT2D eigenvalue weighted by Crippen LogP contribution is -2.47. The highest BCUT2D eigenvalue weighted by Crippen LogP contribution is 2.40. The molecule has 1 fully saturated rings. The minimum atomic E-state index is -0.614. The number of allylic oxidation sites excluding steroid dienone is 2. The van der Waals surface area contributed by atoms with Gasteiger partial charge in [0.2, 0.25) is 0 Å². The molecule has 7 nitrogen and oxygen atoms in total. The lowest BCUT2D eigenvalue weighted by molar-refractivity contribution is -0.302. The zero-order chi connectivity index (χ0) is 30.8. The number of hydrogen-bond acceptors (Lipinski definition) is 7. The van der Waals surface area contributed by atoms with E-state index in [0.717, 1.165) is 72.3 Å². The molecular weight excluding hydrogens is 558 g/mol. The first-order valence-electron chi connectivity index (χ1n) is 15.1. The summed E-state index contributed by atoms with van der Waals surface area (Å²) in [5.74, 6) is -0.0489. The molecule has 1 saturated heterocycles. The average molecular weight is 602 g/mol. The van der Waals surface area contributed by atoms with E-state index in [2.05, 4.69) is 46.0 Å². The fourth-order valence-electron chi connectivity index (χ4n) is 5.53. The molecule has 1 aromatic carbocycles. The van der Waals surface area contributed by atoms with Gasteiger partial charge in [-0.15, -0.1) is 11.3 Å².